The molecule has 0 aliphatic heterocycles. The average Bonchev–Trinajstić information content (AvgIpc) is 2.77. The van der Waals surface area contributed by atoms with Gasteiger partial charge in [-0.1, -0.05) is 12.1 Å². The number of ether oxygens (including phenoxy) is 3. The Morgan fingerprint density at radius 3 is 2.28 bits per heavy atom. The number of hydrogen-bond acceptors (Lipinski definition) is 8. The number of hydrogen-bond donors (Lipinski definition) is 1. The third-order valence-corrected chi connectivity index (χ3v) is 6.76. The first-order valence-electron chi connectivity index (χ1n) is 9.59. The summed E-state index contributed by atoms with van der Waals surface area (Å²) in [6.07, 6.45) is 0. The molecular weight excluding hydrogens is 436 g/mol. The molecule has 3 aromatic rings. The number of nitrogens with one attached hydrogen (secondary N) is 1. The van der Waals surface area contributed by atoms with Crippen LogP contribution in [0.25, 0.3) is 10.9 Å². The van der Waals surface area contributed by atoms with E-state index in [1.54, 1.807) is 42.3 Å². The number of benzene rings is 2. The van der Waals surface area contributed by atoms with E-state index in [-0.39, 0.29) is 16.0 Å². The molecule has 10 nitrogen and oxygen atoms in total. The summed E-state index contributed by atoms with van der Waals surface area (Å²) in [6.45, 7) is 0.315. The Balaban J connectivity index is 2.03. The average molecular weight is 463 g/mol. The quantitative estimate of drug-likeness (QED) is 0.539. The lowest BCUT2D eigenvalue weighted by Gasteiger charge is -2.20. The Morgan fingerprint density at radius 2 is 1.69 bits per heavy atom. The van der Waals surface area contributed by atoms with Crippen LogP contribution in [0.4, 0.5) is 5.95 Å². The first-order chi connectivity index (χ1) is 15.1. The van der Waals surface area contributed by atoms with E-state index in [9.17, 15) is 13.2 Å². The van der Waals surface area contributed by atoms with E-state index in [0.717, 1.165) is 9.87 Å². The van der Waals surface area contributed by atoms with Gasteiger partial charge in [-0.15, -0.1) is 0 Å². The Bertz CT molecular complexity index is 1300. The zero-order valence-electron chi connectivity index (χ0n) is 18.8. The van der Waals surface area contributed by atoms with Crippen molar-refractivity contribution in [1.29, 1.82) is 0 Å². The molecule has 32 heavy (non-hydrogen) atoms. The minimum absolute atomic E-state index is 0.190. The van der Waals surface area contributed by atoms with Crippen LogP contribution in [0, 0.1) is 0 Å². The maximum Gasteiger partial charge on any atom is 0.264 e. The van der Waals surface area contributed by atoms with Gasteiger partial charge in [-0.05, 0) is 17.7 Å². The van der Waals surface area contributed by atoms with Crippen LogP contribution in [-0.4, -0.2) is 65.2 Å². The van der Waals surface area contributed by atoms with Gasteiger partial charge in [-0.2, -0.15) is 0 Å². The predicted octanol–water partition coefficient (Wildman–Crippen LogP) is 1.84. The lowest BCUT2D eigenvalue weighted by molar-refractivity contribution is 0.327. The fourth-order valence-corrected chi connectivity index (χ4v) is 4.27. The smallest absolute Gasteiger partial charge is 0.264 e. The van der Waals surface area contributed by atoms with Crippen LogP contribution in [0.1, 0.15) is 5.56 Å². The fraction of sp³-hybridized carbons (Fsp3) is 0.333. The van der Waals surface area contributed by atoms with Gasteiger partial charge in [-0.25, -0.2) is 17.7 Å². The molecule has 0 bridgehead atoms. The Kier molecular flexibility index (Phi) is 6.60. The zero-order valence-corrected chi connectivity index (χ0v) is 19.6. The molecule has 2 aromatic carbocycles. The van der Waals surface area contributed by atoms with E-state index in [4.69, 9.17) is 14.2 Å². The molecule has 0 unspecified atom stereocenters. The van der Waals surface area contributed by atoms with Gasteiger partial charge in [0, 0.05) is 33.8 Å². The number of fused-ring (bicyclic) bond motifs is 1. The molecule has 0 saturated heterocycles. The number of sulfonamides is 1. The standard InChI is InChI=1S/C21H26N4O6S/c1-24(2)32(27,28)14-9-7-8-13(10-14)12-25(3)21-22-15-11-16(29-4)18(30-5)19(31-6)17(15)20(26)23-21/h7-11H,12H2,1-6H3,(H,22,23,26). The third-order valence-electron chi connectivity index (χ3n) is 4.95. The molecular formula is C21H26N4O6S. The van der Waals surface area contributed by atoms with Gasteiger partial charge in [0.1, 0.15) is 5.39 Å². The van der Waals surface area contributed by atoms with Gasteiger partial charge in [0.15, 0.2) is 11.5 Å². The van der Waals surface area contributed by atoms with Crippen LogP contribution in [0.3, 0.4) is 0 Å². The second kappa shape index (κ2) is 9.05. The van der Waals surface area contributed by atoms with Crippen molar-refractivity contribution in [1.82, 2.24) is 14.3 Å². The van der Waals surface area contributed by atoms with Crippen LogP contribution in [0.15, 0.2) is 40.0 Å². The zero-order chi connectivity index (χ0) is 23.6. The molecule has 0 aliphatic carbocycles. The highest BCUT2D eigenvalue weighted by Gasteiger charge is 2.21. The second-order valence-electron chi connectivity index (χ2n) is 7.22. The Morgan fingerprint density at radius 1 is 1.00 bits per heavy atom. The normalized spacial score (nSPS) is 11.6. The molecule has 11 heteroatoms. The van der Waals surface area contributed by atoms with Crippen molar-refractivity contribution in [3.8, 4) is 17.2 Å². The summed E-state index contributed by atoms with van der Waals surface area (Å²) in [6, 6.07) is 8.23. The van der Waals surface area contributed by atoms with E-state index in [1.165, 1.54) is 35.4 Å². The van der Waals surface area contributed by atoms with Crippen molar-refractivity contribution >= 4 is 26.9 Å². The summed E-state index contributed by atoms with van der Waals surface area (Å²) >= 11 is 0. The number of rotatable bonds is 8. The van der Waals surface area contributed by atoms with Crippen LogP contribution in [0.2, 0.25) is 0 Å². The highest BCUT2D eigenvalue weighted by atomic mass is 32.2. The van der Waals surface area contributed by atoms with E-state index in [0.29, 0.717) is 29.5 Å². The van der Waals surface area contributed by atoms with Crippen molar-refractivity contribution in [2.45, 2.75) is 11.4 Å². The lowest BCUT2D eigenvalue weighted by atomic mass is 10.2. The molecule has 1 heterocycles. The molecule has 1 aromatic heterocycles. The number of anilines is 1. The number of methoxy groups -OCH3 is 3. The van der Waals surface area contributed by atoms with Gasteiger partial charge in [0.2, 0.25) is 21.7 Å². The number of aromatic amines is 1. The maximum absolute atomic E-state index is 12.9. The molecule has 0 aliphatic rings. The van der Waals surface area contributed by atoms with E-state index < -0.39 is 15.6 Å². The number of H-pyrrole nitrogens is 1. The Hall–Kier alpha value is -3.31. The van der Waals surface area contributed by atoms with Crippen LogP contribution >= 0.6 is 0 Å². The monoisotopic (exact) mass is 462 g/mol. The highest BCUT2D eigenvalue weighted by Crippen LogP contribution is 2.41. The molecule has 1 N–H and O–H groups in total. The first-order valence-corrected chi connectivity index (χ1v) is 11.0. The van der Waals surface area contributed by atoms with Crippen LogP contribution in [-0.2, 0) is 16.6 Å². The summed E-state index contributed by atoms with van der Waals surface area (Å²) < 4.78 is 42.1. The molecule has 172 valence electrons. The third kappa shape index (κ3) is 4.21. The first kappa shape index (κ1) is 23.4. The minimum atomic E-state index is -3.56. The molecule has 3 rings (SSSR count). The SMILES string of the molecule is COc1cc2nc(N(C)Cc3cccc(S(=O)(=O)N(C)C)c3)[nH]c(=O)c2c(OC)c1OC. The lowest BCUT2D eigenvalue weighted by Crippen LogP contribution is -2.24. The summed E-state index contributed by atoms with van der Waals surface area (Å²) in [5.74, 6) is 1.21. The second-order valence-corrected chi connectivity index (χ2v) is 9.37. The van der Waals surface area contributed by atoms with Crippen molar-refractivity contribution < 1.29 is 22.6 Å². The van der Waals surface area contributed by atoms with Gasteiger partial charge >= 0.3 is 0 Å². The predicted molar refractivity (Wildman–Crippen MR) is 121 cm³/mol. The van der Waals surface area contributed by atoms with Gasteiger partial charge in [0.05, 0.1) is 31.7 Å². The largest absolute Gasteiger partial charge is 0.493 e. The van der Waals surface area contributed by atoms with Crippen molar-refractivity contribution in [2.75, 3.05) is 47.4 Å². The van der Waals surface area contributed by atoms with E-state index in [2.05, 4.69) is 9.97 Å². The highest BCUT2D eigenvalue weighted by molar-refractivity contribution is 7.89. The number of aromatic nitrogens is 2. The van der Waals surface area contributed by atoms with Crippen molar-refractivity contribution in [3.63, 3.8) is 0 Å². The van der Waals surface area contributed by atoms with Gasteiger partial charge in [0.25, 0.3) is 5.56 Å². The van der Waals surface area contributed by atoms with Crippen LogP contribution in [0.5, 0.6) is 17.2 Å². The molecule has 0 fully saturated rings. The summed E-state index contributed by atoms with van der Waals surface area (Å²) in [5.41, 5.74) is 0.704. The summed E-state index contributed by atoms with van der Waals surface area (Å²) in [4.78, 5) is 22.1. The summed E-state index contributed by atoms with van der Waals surface area (Å²) in [5, 5.41) is 0.237. The molecule has 0 saturated carbocycles. The van der Waals surface area contributed by atoms with Crippen molar-refractivity contribution in [2.24, 2.45) is 0 Å². The molecule has 0 atom stereocenters. The number of nitrogens with zero attached hydrogens (tertiary/aromatic N) is 3. The summed E-state index contributed by atoms with van der Waals surface area (Å²) in [7, 11) is 5.53. The van der Waals surface area contributed by atoms with E-state index in [1.807, 2.05) is 0 Å². The maximum atomic E-state index is 12.9. The topological polar surface area (TPSA) is 114 Å². The molecule has 0 spiro atoms. The molecule has 0 radical (unpaired) electrons. The fourth-order valence-electron chi connectivity index (χ4n) is 3.30. The Labute approximate surface area is 186 Å². The van der Waals surface area contributed by atoms with Gasteiger partial charge < -0.3 is 19.1 Å². The van der Waals surface area contributed by atoms with E-state index >= 15 is 0 Å². The minimum Gasteiger partial charge on any atom is -0.493 e. The van der Waals surface area contributed by atoms with Crippen LogP contribution < -0.4 is 24.7 Å². The van der Waals surface area contributed by atoms with Gasteiger partial charge in [-0.3, -0.25) is 9.78 Å². The van der Waals surface area contributed by atoms with Crippen molar-refractivity contribution in [3.05, 3.63) is 46.2 Å². The molecule has 0 amide bonds.